The molecule has 1 aromatic carbocycles. The van der Waals surface area contributed by atoms with E-state index in [0.717, 1.165) is 5.01 Å². The maximum absolute atomic E-state index is 12.2. The summed E-state index contributed by atoms with van der Waals surface area (Å²) in [5.41, 5.74) is 2.78. The first-order chi connectivity index (χ1) is 13.0. The van der Waals surface area contributed by atoms with Crippen molar-refractivity contribution in [1.29, 1.82) is 0 Å². The van der Waals surface area contributed by atoms with E-state index in [-0.39, 0.29) is 29.6 Å². The third-order valence-electron chi connectivity index (χ3n) is 3.53. The van der Waals surface area contributed by atoms with Crippen molar-refractivity contribution in [2.45, 2.75) is 13.8 Å². The minimum atomic E-state index is -0.699. The smallest absolute Gasteiger partial charge is 0.343 e. The summed E-state index contributed by atoms with van der Waals surface area (Å²) >= 11 is 0. The molecule has 138 valence electrons. The van der Waals surface area contributed by atoms with Gasteiger partial charge in [-0.2, -0.15) is 9.99 Å². The molecule has 27 heavy (non-hydrogen) atoms. The first kappa shape index (κ1) is 18.1. The van der Waals surface area contributed by atoms with Crippen molar-refractivity contribution >= 4 is 23.6 Å². The molecular weight excluding hydrogens is 352 g/mol. The summed E-state index contributed by atoms with van der Waals surface area (Å²) in [6, 6.07) is 8.72. The molecule has 1 N–H and O–H groups in total. The van der Waals surface area contributed by atoms with E-state index < -0.39 is 17.8 Å². The number of nitrogens with one attached hydrogen (secondary N) is 1. The van der Waals surface area contributed by atoms with Gasteiger partial charge in [-0.3, -0.25) is 15.0 Å². The average Bonchev–Trinajstić information content (AvgIpc) is 2.89. The molecule has 0 unspecified atom stereocenters. The van der Waals surface area contributed by atoms with Crippen LogP contribution >= 0.6 is 0 Å². The van der Waals surface area contributed by atoms with E-state index in [4.69, 9.17) is 9.47 Å². The van der Waals surface area contributed by atoms with Crippen LogP contribution in [0.25, 0.3) is 0 Å². The molecule has 0 bridgehead atoms. The molecule has 1 aliphatic rings. The third kappa shape index (κ3) is 3.92. The molecule has 9 heteroatoms. The van der Waals surface area contributed by atoms with Crippen molar-refractivity contribution in [3.8, 4) is 11.8 Å². The van der Waals surface area contributed by atoms with Gasteiger partial charge in [0.25, 0.3) is 11.8 Å². The molecular formula is C18H16N4O5. The van der Waals surface area contributed by atoms with Crippen LogP contribution in [0.1, 0.15) is 24.2 Å². The molecule has 1 aromatic heterocycles. The number of imide groups is 1. The van der Waals surface area contributed by atoms with Gasteiger partial charge in [0.05, 0.1) is 12.8 Å². The lowest BCUT2D eigenvalue weighted by molar-refractivity contribution is -0.135. The molecule has 2 heterocycles. The Balaban J connectivity index is 1.92. The molecule has 2 aromatic rings. The molecule has 3 rings (SSSR count). The molecule has 1 aliphatic heterocycles. The topological polar surface area (TPSA) is 111 Å². The van der Waals surface area contributed by atoms with Crippen molar-refractivity contribution in [3.63, 3.8) is 0 Å². The zero-order chi connectivity index (χ0) is 19.4. The second-order valence-corrected chi connectivity index (χ2v) is 5.47. The van der Waals surface area contributed by atoms with Crippen LogP contribution in [0.15, 0.2) is 48.2 Å². The van der Waals surface area contributed by atoms with Crippen molar-refractivity contribution in [3.05, 3.63) is 53.7 Å². The van der Waals surface area contributed by atoms with Gasteiger partial charge < -0.3 is 9.47 Å². The SMILES string of the molecule is CCOC(=O)c1cnc(Oc2ccccc2)nc1NN1C(=O)C=C(C)C1=O. The van der Waals surface area contributed by atoms with Gasteiger partial charge in [0.2, 0.25) is 0 Å². The Morgan fingerprint density at radius 1 is 1.22 bits per heavy atom. The average molecular weight is 368 g/mol. The van der Waals surface area contributed by atoms with E-state index in [0.29, 0.717) is 5.75 Å². The maximum Gasteiger partial charge on any atom is 0.343 e. The number of nitrogens with zero attached hydrogens (tertiary/aromatic N) is 3. The lowest BCUT2D eigenvalue weighted by Crippen LogP contribution is -2.37. The van der Waals surface area contributed by atoms with Gasteiger partial charge in [-0.05, 0) is 26.0 Å². The van der Waals surface area contributed by atoms with Crippen molar-refractivity contribution in [2.24, 2.45) is 0 Å². The third-order valence-corrected chi connectivity index (χ3v) is 3.53. The summed E-state index contributed by atoms with van der Waals surface area (Å²) in [5, 5.41) is 0.757. The predicted octanol–water partition coefficient (Wildman–Crippen LogP) is 2.09. The Labute approximate surface area is 154 Å². The van der Waals surface area contributed by atoms with E-state index in [1.165, 1.54) is 19.2 Å². The number of benzene rings is 1. The van der Waals surface area contributed by atoms with Crippen LogP contribution in [-0.4, -0.2) is 39.4 Å². The van der Waals surface area contributed by atoms with Crippen molar-refractivity contribution < 1.29 is 23.9 Å². The highest BCUT2D eigenvalue weighted by atomic mass is 16.5. The highest BCUT2D eigenvalue weighted by Crippen LogP contribution is 2.23. The van der Waals surface area contributed by atoms with Gasteiger partial charge in [0, 0.05) is 11.6 Å². The molecule has 0 aliphatic carbocycles. The number of ether oxygens (including phenoxy) is 2. The van der Waals surface area contributed by atoms with Crippen LogP contribution in [0.4, 0.5) is 5.82 Å². The number of anilines is 1. The summed E-state index contributed by atoms with van der Waals surface area (Å²) in [7, 11) is 0. The summed E-state index contributed by atoms with van der Waals surface area (Å²) in [6.45, 7) is 3.31. The summed E-state index contributed by atoms with van der Waals surface area (Å²) in [4.78, 5) is 44.3. The van der Waals surface area contributed by atoms with Crippen LogP contribution in [0, 0.1) is 0 Å². The standard InChI is InChI=1S/C18H16N4O5/c1-3-26-17(25)13-10-19-18(27-12-7-5-4-6-8-12)20-15(13)21-22-14(23)9-11(2)16(22)24/h4-10H,3H2,1-2H3,(H,19,20,21). The van der Waals surface area contributed by atoms with Gasteiger partial charge in [-0.1, -0.05) is 18.2 Å². The molecule has 0 fully saturated rings. The molecule has 2 amide bonds. The van der Waals surface area contributed by atoms with Crippen LogP contribution in [-0.2, 0) is 14.3 Å². The minimum Gasteiger partial charge on any atom is -0.462 e. The number of carbonyl (C=O) groups is 3. The van der Waals surface area contributed by atoms with E-state index in [1.54, 1.807) is 31.2 Å². The second kappa shape index (κ2) is 7.65. The number of carbonyl (C=O) groups excluding carboxylic acids is 3. The Morgan fingerprint density at radius 2 is 1.96 bits per heavy atom. The van der Waals surface area contributed by atoms with Gasteiger partial charge >= 0.3 is 12.0 Å². The normalized spacial score (nSPS) is 13.4. The van der Waals surface area contributed by atoms with E-state index in [1.807, 2.05) is 6.07 Å². The fourth-order valence-electron chi connectivity index (χ4n) is 2.25. The Bertz CT molecular complexity index is 927. The van der Waals surface area contributed by atoms with Crippen molar-refractivity contribution in [1.82, 2.24) is 15.0 Å². The Kier molecular flexibility index (Phi) is 5.11. The molecule has 0 radical (unpaired) electrons. The van der Waals surface area contributed by atoms with Gasteiger partial charge in [-0.25, -0.2) is 9.78 Å². The molecule has 0 atom stereocenters. The number of amides is 2. The maximum atomic E-state index is 12.2. The molecule has 9 nitrogen and oxygen atoms in total. The Hall–Kier alpha value is -3.75. The van der Waals surface area contributed by atoms with Gasteiger partial charge in [0.1, 0.15) is 11.3 Å². The number of hydrogen-bond acceptors (Lipinski definition) is 8. The summed E-state index contributed by atoms with van der Waals surface area (Å²) in [5.74, 6) is -1.41. The molecule has 0 saturated heterocycles. The number of rotatable bonds is 6. The van der Waals surface area contributed by atoms with E-state index in [9.17, 15) is 14.4 Å². The van der Waals surface area contributed by atoms with Crippen LogP contribution in [0.2, 0.25) is 0 Å². The summed E-state index contributed by atoms with van der Waals surface area (Å²) in [6.07, 6.45) is 2.39. The monoisotopic (exact) mass is 368 g/mol. The van der Waals surface area contributed by atoms with E-state index >= 15 is 0 Å². The lowest BCUT2D eigenvalue weighted by Gasteiger charge is -2.18. The number of hydrogen-bond donors (Lipinski definition) is 1. The van der Waals surface area contributed by atoms with Gasteiger partial charge in [-0.15, -0.1) is 0 Å². The lowest BCUT2D eigenvalue weighted by atomic mass is 10.3. The highest BCUT2D eigenvalue weighted by molar-refractivity contribution is 6.16. The minimum absolute atomic E-state index is 0.0394. The Morgan fingerprint density at radius 3 is 2.59 bits per heavy atom. The van der Waals surface area contributed by atoms with Gasteiger partial charge in [0.15, 0.2) is 5.82 Å². The van der Waals surface area contributed by atoms with E-state index in [2.05, 4.69) is 15.4 Å². The highest BCUT2D eigenvalue weighted by Gasteiger charge is 2.30. The zero-order valence-corrected chi connectivity index (χ0v) is 14.6. The largest absolute Gasteiger partial charge is 0.462 e. The first-order valence-electron chi connectivity index (χ1n) is 8.10. The zero-order valence-electron chi connectivity index (χ0n) is 14.6. The van der Waals surface area contributed by atoms with Crippen molar-refractivity contribution in [2.75, 3.05) is 12.0 Å². The number of aromatic nitrogens is 2. The fourth-order valence-corrected chi connectivity index (χ4v) is 2.25. The predicted molar refractivity (Wildman–Crippen MR) is 93.7 cm³/mol. The van der Waals surface area contributed by atoms with Crippen LogP contribution in [0.5, 0.6) is 11.8 Å². The van der Waals surface area contributed by atoms with Crippen LogP contribution in [0.3, 0.4) is 0 Å². The van der Waals surface area contributed by atoms with Crippen LogP contribution < -0.4 is 10.2 Å². The molecule has 0 spiro atoms. The molecule has 0 saturated carbocycles. The fraction of sp³-hybridized carbons (Fsp3) is 0.167. The summed E-state index contributed by atoms with van der Waals surface area (Å²) < 4.78 is 10.5. The number of hydrazine groups is 1. The number of para-hydroxylation sites is 1. The number of esters is 1. The second-order valence-electron chi connectivity index (χ2n) is 5.47. The quantitative estimate of drug-likeness (QED) is 0.609. The first-order valence-corrected chi connectivity index (χ1v) is 8.10.